The summed E-state index contributed by atoms with van der Waals surface area (Å²) >= 11 is 3.47. The molecule has 6 heteroatoms. The fourth-order valence-corrected chi connectivity index (χ4v) is 4.09. The second-order valence-corrected chi connectivity index (χ2v) is 7.50. The number of piperidine rings is 1. The Balaban J connectivity index is 1.72. The summed E-state index contributed by atoms with van der Waals surface area (Å²) in [6, 6.07) is 0.0152. The van der Waals surface area contributed by atoms with Crippen LogP contribution in [0.15, 0.2) is 6.20 Å². The molecule has 0 aliphatic carbocycles. The molecule has 4 nitrogen and oxygen atoms in total. The SMILES string of the molecule is CCc1cnc(C(C)NC(=O)CSC2CCNCC2)s1. The molecule has 112 valence electrons. The van der Waals surface area contributed by atoms with Crippen molar-refractivity contribution in [3.8, 4) is 0 Å². The molecule has 0 bridgehead atoms. The Morgan fingerprint density at radius 2 is 2.35 bits per heavy atom. The van der Waals surface area contributed by atoms with E-state index < -0.39 is 0 Å². The first-order chi connectivity index (χ1) is 9.69. The first kappa shape index (κ1) is 15.8. The van der Waals surface area contributed by atoms with Crippen LogP contribution in [0.5, 0.6) is 0 Å². The molecule has 2 N–H and O–H groups in total. The van der Waals surface area contributed by atoms with Crippen LogP contribution in [-0.2, 0) is 11.2 Å². The Labute approximate surface area is 129 Å². The van der Waals surface area contributed by atoms with Crippen molar-refractivity contribution in [2.75, 3.05) is 18.8 Å². The molecule has 1 fully saturated rings. The van der Waals surface area contributed by atoms with E-state index in [9.17, 15) is 4.79 Å². The molecule has 1 saturated heterocycles. The molecular formula is C14H23N3OS2. The maximum atomic E-state index is 12.0. The number of aryl methyl sites for hydroxylation is 1. The second-order valence-electron chi connectivity index (χ2n) is 5.07. The van der Waals surface area contributed by atoms with Gasteiger partial charge >= 0.3 is 0 Å². The predicted octanol–water partition coefficient (Wildman–Crippen LogP) is 2.37. The van der Waals surface area contributed by atoms with E-state index in [1.54, 1.807) is 23.1 Å². The van der Waals surface area contributed by atoms with Crippen molar-refractivity contribution >= 4 is 29.0 Å². The van der Waals surface area contributed by atoms with Crippen molar-refractivity contribution in [3.05, 3.63) is 16.1 Å². The summed E-state index contributed by atoms with van der Waals surface area (Å²) in [5.41, 5.74) is 0. The summed E-state index contributed by atoms with van der Waals surface area (Å²) in [6.45, 7) is 6.28. The second kappa shape index (κ2) is 8.00. The zero-order valence-corrected chi connectivity index (χ0v) is 13.8. The molecule has 0 spiro atoms. The number of rotatable bonds is 6. The highest BCUT2D eigenvalue weighted by molar-refractivity contribution is 8.00. The van der Waals surface area contributed by atoms with Crippen LogP contribution in [0.2, 0.25) is 0 Å². The molecule has 1 atom stereocenters. The van der Waals surface area contributed by atoms with E-state index in [2.05, 4.69) is 22.5 Å². The number of thiazole rings is 1. The minimum atomic E-state index is 0.0152. The van der Waals surface area contributed by atoms with Crippen LogP contribution in [0.25, 0.3) is 0 Å². The number of hydrogen-bond acceptors (Lipinski definition) is 5. The molecule has 20 heavy (non-hydrogen) atoms. The normalized spacial score (nSPS) is 17.9. The molecule has 1 aliphatic heterocycles. The van der Waals surface area contributed by atoms with Gasteiger partial charge in [-0.1, -0.05) is 6.92 Å². The first-order valence-corrected chi connectivity index (χ1v) is 9.11. The van der Waals surface area contributed by atoms with E-state index in [1.165, 1.54) is 17.7 Å². The fourth-order valence-electron chi connectivity index (χ4n) is 2.19. The number of carbonyl (C=O) groups excluding carboxylic acids is 1. The number of thioether (sulfide) groups is 1. The Morgan fingerprint density at radius 1 is 1.60 bits per heavy atom. The van der Waals surface area contributed by atoms with Gasteiger partial charge in [-0.15, -0.1) is 23.1 Å². The number of carbonyl (C=O) groups is 1. The largest absolute Gasteiger partial charge is 0.346 e. The molecule has 2 rings (SSSR count). The standard InChI is InChI=1S/C14H23N3OS2/c1-3-11-8-16-14(20-11)10(2)17-13(18)9-19-12-4-6-15-7-5-12/h8,10,12,15H,3-7,9H2,1-2H3,(H,17,18). The van der Waals surface area contributed by atoms with Crippen molar-refractivity contribution < 1.29 is 4.79 Å². The maximum absolute atomic E-state index is 12.0. The van der Waals surface area contributed by atoms with Crippen LogP contribution >= 0.6 is 23.1 Å². The van der Waals surface area contributed by atoms with E-state index in [-0.39, 0.29) is 11.9 Å². The molecule has 1 unspecified atom stereocenters. The van der Waals surface area contributed by atoms with Gasteiger partial charge in [0.05, 0.1) is 11.8 Å². The van der Waals surface area contributed by atoms with E-state index in [4.69, 9.17) is 0 Å². The van der Waals surface area contributed by atoms with Gasteiger partial charge in [0.1, 0.15) is 5.01 Å². The lowest BCUT2D eigenvalue weighted by Crippen LogP contribution is -2.32. The minimum absolute atomic E-state index is 0.0152. The molecular weight excluding hydrogens is 290 g/mol. The fraction of sp³-hybridized carbons (Fsp3) is 0.714. The summed E-state index contributed by atoms with van der Waals surface area (Å²) < 4.78 is 0. The number of aromatic nitrogens is 1. The average Bonchev–Trinajstić information content (AvgIpc) is 2.95. The Kier molecular flexibility index (Phi) is 6.32. The smallest absolute Gasteiger partial charge is 0.230 e. The van der Waals surface area contributed by atoms with Crippen LogP contribution < -0.4 is 10.6 Å². The summed E-state index contributed by atoms with van der Waals surface area (Å²) in [5.74, 6) is 0.676. The van der Waals surface area contributed by atoms with Crippen LogP contribution in [0.1, 0.15) is 42.6 Å². The van der Waals surface area contributed by atoms with E-state index in [0.717, 1.165) is 24.5 Å². The Bertz CT molecular complexity index is 430. The number of nitrogens with one attached hydrogen (secondary N) is 2. The van der Waals surface area contributed by atoms with Gasteiger partial charge in [-0.05, 0) is 39.3 Å². The van der Waals surface area contributed by atoms with Gasteiger partial charge in [0.25, 0.3) is 0 Å². The molecule has 1 amide bonds. The van der Waals surface area contributed by atoms with E-state index in [1.807, 2.05) is 13.1 Å². The highest BCUT2D eigenvalue weighted by Crippen LogP contribution is 2.22. The first-order valence-electron chi connectivity index (χ1n) is 7.25. The Hall–Kier alpha value is -0.590. The lowest BCUT2D eigenvalue weighted by Gasteiger charge is -2.22. The highest BCUT2D eigenvalue weighted by atomic mass is 32.2. The summed E-state index contributed by atoms with van der Waals surface area (Å²) in [4.78, 5) is 17.6. The zero-order chi connectivity index (χ0) is 14.4. The molecule has 0 saturated carbocycles. The molecule has 1 aromatic heterocycles. The molecule has 0 aromatic carbocycles. The monoisotopic (exact) mass is 313 g/mol. The molecule has 2 heterocycles. The summed E-state index contributed by atoms with van der Waals surface area (Å²) in [6.07, 6.45) is 5.25. The van der Waals surface area contributed by atoms with Gasteiger partial charge in [0, 0.05) is 16.3 Å². The molecule has 1 aromatic rings. The Morgan fingerprint density at radius 3 is 3.00 bits per heavy atom. The number of nitrogens with zero attached hydrogens (tertiary/aromatic N) is 1. The van der Waals surface area contributed by atoms with Crippen molar-refractivity contribution in [3.63, 3.8) is 0 Å². The van der Waals surface area contributed by atoms with E-state index in [0.29, 0.717) is 11.0 Å². The third-order valence-electron chi connectivity index (χ3n) is 3.40. The number of amides is 1. The minimum Gasteiger partial charge on any atom is -0.346 e. The van der Waals surface area contributed by atoms with Gasteiger partial charge in [0.15, 0.2) is 0 Å². The van der Waals surface area contributed by atoms with Crippen LogP contribution in [0.3, 0.4) is 0 Å². The van der Waals surface area contributed by atoms with Crippen molar-refractivity contribution in [1.82, 2.24) is 15.6 Å². The van der Waals surface area contributed by atoms with Crippen molar-refractivity contribution in [2.45, 2.75) is 44.4 Å². The predicted molar refractivity (Wildman–Crippen MR) is 86.4 cm³/mol. The summed E-state index contributed by atoms with van der Waals surface area (Å²) in [5, 5.41) is 8.02. The van der Waals surface area contributed by atoms with Gasteiger partial charge < -0.3 is 10.6 Å². The van der Waals surface area contributed by atoms with Crippen LogP contribution in [-0.4, -0.2) is 35.0 Å². The topological polar surface area (TPSA) is 54.0 Å². The average molecular weight is 313 g/mol. The van der Waals surface area contributed by atoms with Gasteiger partial charge in [-0.3, -0.25) is 4.79 Å². The molecule has 0 radical (unpaired) electrons. The number of hydrogen-bond donors (Lipinski definition) is 2. The maximum Gasteiger partial charge on any atom is 0.230 e. The van der Waals surface area contributed by atoms with Gasteiger partial charge in [-0.2, -0.15) is 0 Å². The van der Waals surface area contributed by atoms with Crippen molar-refractivity contribution in [1.29, 1.82) is 0 Å². The quantitative estimate of drug-likeness (QED) is 0.846. The van der Waals surface area contributed by atoms with Crippen LogP contribution in [0.4, 0.5) is 0 Å². The third kappa shape index (κ3) is 4.75. The van der Waals surface area contributed by atoms with Gasteiger partial charge in [0.2, 0.25) is 5.91 Å². The lowest BCUT2D eigenvalue weighted by molar-refractivity contribution is -0.119. The lowest BCUT2D eigenvalue weighted by atomic mass is 10.2. The zero-order valence-electron chi connectivity index (χ0n) is 12.1. The van der Waals surface area contributed by atoms with E-state index >= 15 is 0 Å². The summed E-state index contributed by atoms with van der Waals surface area (Å²) in [7, 11) is 0. The third-order valence-corrected chi connectivity index (χ3v) is 6.10. The van der Waals surface area contributed by atoms with Crippen LogP contribution in [0, 0.1) is 0 Å². The van der Waals surface area contributed by atoms with Crippen molar-refractivity contribution in [2.24, 2.45) is 0 Å². The molecule has 1 aliphatic rings. The highest BCUT2D eigenvalue weighted by Gasteiger charge is 2.17. The van der Waals surface area contributed by atoms with Gasteiger partial charge in [-0.25, -0.2) is 4.98 Å².